The number of fused-ring (bicyclic) bond motifs is 6. The third-order valence-electron chi connectivity index (χ3n) is 7.23. The molecular weight excluding hydrogens is 452 g/mol. The monoisotopic (exact) mass is 480 g/mol. The van der Waals surface area contributed by atoms with E-state index < -0.39 is 25.4 Å². The molecule has 0 N–H and O–H groups in total. The zero-order valence-corrected chi connectivity index (χ0v) is 21.5. The predicted molar refractivity (Wildman–Crippen MR) is 125 cm³/mol. The average molecular weight is 480 g/mol. The zero-order chi connectivity index (χ0) is 22.7. The molecule has 1 heterocycles. The number of hydrogen-bond acceptors (Lipinski definition) is 4. The molecule has 2 aromatic carbocycles. The van der Waals surface area contributed by atoms with Crippen molar-refractivity contribution in [1.82, 2.24) is 0 Å². The molecule has 2 aromatic rings. The third kappa shape index (κ3) is 2.98. The van der Waals surface area contributed by atoms with Crippen LogP contribution in [0.25, 0.3) is 12.2 Å². The van der Waals surface area contributed by atoms with Crippen LogP contribution in [-0.4, -0.2) is 20.0 Å². The molecule has 0 saturated carbocycles. The Hall–Kier alpha value is -2.21. The van der Waals surface area contributed by atoms with Crippen molar-refractivity contribution in [2.45, 2.75) is 48.2 Å². The second-order valence-corrected chi connectivity index (χ2v) is 18.4. The van der Waals surface area contributed by atoms with Crippen LogP contribution in [0.1, 0.15) is 57.4 Å². The molecule has 5 rings (SSSR count). The van der Waals surface area contributed by atoms with Crippen molar-refractivity contribution >= 4 is 32.2 Å². The summed E-state index contributed by atoms with van der Waals surface area (Å²) < 4.78 is 12.7. The molecule has 3 aliphatic rings. The van der Waals surface area contributed by atoms with E-state index in [-0.39, 0.29) is 33.2 Å². The molecule has 1 saturated heterocycles. The van der Waals surface area contributed by atoms with E-state index in [9.17, 15) is 9.59 Å². The van der Waals surface area contributed by atoms with E-state index in [2.05, 4.69) is 49.5 Å². The fraction of sp³-hybridized carbons (Fsp3) is 0.308. The van der Waals surface area contributed by atoms with Crippen molar-refractivity contribution in [1.29, 1.82) is 0 Å². The van der Waals surface area contributed by atoms with Crippen molar-refractivity contribution in [3.05, 3.63) is 81.2 Å². The molecule has 0 bridgehead atoms. The van der Waals surface area contributed by atoms with Gasteiger partial charge >= 0.3 is 195 Å². The number of carbonyl (C=O) groups is 2. The second kappa shape index (κ2) is 7.69. The molecule has 0 amide bonds. The molecule has 0 aromatic heterocycles. The summed E-state index contributed by atoms with van der Waals surface area (Å²) in [5.74, 6) is -0.550. The first kappa shape index (κ1) is 21.6. The van der Waals surface area contributed by atoms with E-state index in [0.29, 0.717) is 0 Å². The minimum absolute atomic E-state index is 0.118. The third-order valence-corrected chi connectivity index (χ3v) is 18.0. The van der Waals surface area contributed by atoms with E-state index in [4.69, 9.17) is 6.64 Å². The van der Waals surface area contributed by atoms with Gasteiger partial charge in [0, 0.05) is 0 Å². The zero-order valence-electron chi connectivity index (χ0n) is 19.0. The quantitative estimate of drug-likeness (QED) is 0.508. The van der Waals surface area contributed by atoms with Gasteiger partial charge in [0.15, 0.2) is 0 Å². The van der Waals surface area contributed by atoms with Crippen LogP contribution in [0.2, 0.25) is 13.1 Å². The van der Waals surface area contributed by atoms with Crippen LogP contribution in [-0.2, 0) is 33.6 Å². The summed E-state index contributed by atoms with van der Waals surface area (Å²) in [5.41, 5.74) is 4.63. The Balaban J connectivity index is 1.84. The predicted octanol–water partition coefficient (Wildman–Crippen LogP) is 5.95. The van der Waals surface area contributed by atoms with Crippen molar-refractivity contribution < 1.29 is 33.6 Å². The summed E-state index contributed by atoms with van der Waals surface area (Å²) in [6.07, 6.45) is 5.12. The number of hydrogen-bond donors (Lipinski definition) is 0. The van der Waals surface area contributed by atoms with Gasteiger partial charge in [-0.1, -0.05) is 0 Å². The van der Waals surface area contributed by atoms with Gasteiger partial charge in [-0.05, 0) is 0 Å². The van der Waals surface area contributed by atoms with Gasteiger partial charge in [-0.3, -0.25) is 0 Å². The molecule has 4 nitrogen and oxygen atoms in total. The van der Waals surface area contributed by atoms with Gasteiger partial charge in [0.05, 0.1) is 0 Å². The summed E-state index contributed by atoms with van der Waals surface area (Å²) in [7, 11) is -2.07. The Labute approximate surface area is 194 Å². The Kier molecular flexibility index (Phi) is 5.19. The number of benzene rings is 2. The molecule has 2 unspecified atom stereocenters. The van der Waals surface area contributed by atoms with Crippen LogP contribution in [0, 0.1) is 0 Å². The van der Waals surface area contributed by atoms with Gasteiger partial charge < -0.3 is 0 Å². The van der Waals surface area contributed by atoms with Gasteiger partial charge in [0.25, 0.3) is 0 Å². The summed E-state index contributed by atoms with van der Waals surface area (Å²) >= 11 is -4.23. The second-order valence-electron chi connectivity index (χ2n) is 9.32. The van der Waals surface area contributed by atoms with Crippen molar-refractivity contribution in [3.8, 4) is 0 Å². The first-order chi connectivity index (χ1) is 15.3. The topological polar surface area (TPSA) is 52.6 Å². The van der Waals surface area contributed by atoms with Gasteiger partial charge in [-0.15, -0.1) is 0 Å². The van der Waals surface area contributed by atoms with Crippen LogP contribution >= 0.6 is 0 Å². The Morgan fingerprint density at radius 3 is 1.59 bits per heavy atom. The van der Waals surface area contributed by atoms with Gasteiger partial charge in [-0.25, -0.2) is 0 Å². The number of allylic oxidation sites excluding steroid dienone is 2. The van der Waals surface area contributed by atoms with E-state index in [1.54, 1.807) is 13.8 Å². The Morgan fingerprint density at radius 2 is 1.19 bits per heavy atom. The standard InChI is InChI=1S/C20H18Si.2C3H6O2.Ti/c1-21(2,19-11-15-7-3-4-8-16(15)12-19)20-13-17-9-5-6-10-18(17)14-20;2*1-2-3(4)5;/h3-14H,1-2H3;2*2H2,1H3,(H,4,5);/q;;;+2/p-2. The molecule has 0 radical (unpaired) electrons. The van der Waals surface area contributed by atoms with Crippen LogP contribution in [0.4, 0.5) is 0 Å². The summed E-state index contributed by atoms with van der Waals surface area (Å²) in [6.45, 7) is 8.38. The van der Waals surface area contributed by atoms with Crippen LogP contribution in [0.5, 0.6) is 0 Å². The first-order valence-electron chi connectivity index (χ1n) is 11.4. The summed E-state index contributed by atoms with van der Waals surface area (Å²) in [5, 5.41) is 2.67. The van der Waals surface area contributed by atoms with Gasteiger partial charge in [0.2, 0.25) is 0 Å². The van der Waals surface area contributed by atoms with Gasteiger partial charge in [0.1, 0.15) is 0 Å². The molecular formula is C26H28O4SiTi. The fourth-order valence-electron chi connectivity index (χ4n) is 5.69. The number of rotatable bonds is 4. The van der Waals surface area contributed by atoms with Crippen molar-refractivity contribution in [2.24, 2.45) is 0 Å². The molecule has 2 atom stereocenters. The van der Waals surface area contributed by atoms with Crippen molar-refractivity contribution in [3.63, 3.8) is 0 Å². The van der Waals surface area contributed by atoms with E-state index >= 15 is 0 Å². The maximum absolute atomic E-state index is 12.9. The van der Waals surface area contributed by atoms with Crippen LogP contribution in [0.15, 0.2) is 58.9 Å². The molecule has 164 valence electrons. The molecule has 1 fully saturated rings. The molecule has 6 heteroatoms. The fourth-order valence-corrected chi connectivity index (χ4v) is 20.5. The summed E-state index contributed by atoms with van der Waals surface area (Å²) in [4.78, 5) is 25.8. The molecule has 32 heavy (non-hydrogen) atoms. The van der Waals surface area contributed by atoms with Crippen LogP contribution in [0.3, 0.4) is 0 Å². The first-order valence-corrected chi connectivity index (χ1v) is 17.5. The average Bonchev–Trinajstić information content (AvgIpc) is 3.38. The van der Waals surface area contributed by atoms with Crippen molar-refractivity contribution in [2.75, 3.05) is 0 Å². The Bertz CT molecular complexity index is 1100. The molecule has 0 spiro atoms. The normalized spacial score (nSPS) is 23.1. The van der Waals surface area contributed by atoms with E-state index in [1.807, 2.05) is 24.3 Å². The SMILES string of the molecule is CCC(=O)[O][Ti]1([O]C(=O)CC)[CH]2C(=Cc3ccccc32)[Si](C)(C)C2=Cc3ccccc3[CH]21. The maximum atomic E-state index is 12.9. The molecule has 2 aliphatic carbocycles. The number of carbonyl (C=O) groups excluding carboxylic acids is 2. The van der Waals surface area contributed by atoms with Crippen LogP contribution < -0.4 is 0 Å². The van der Waals surface area contributed by atoms with E-state index in [0.717, 1.165) is 22.3 Å². The molecule has 1 aliphatic heterocycles. The van der Waals surface area contributed by atoms with Gasteiger partial charge in [-0.2, -0.15) is 0 Å². The minimum atomic E-state index is -4.23. The van der Waals surface area contributed by atoms with E-state index in [1.165, 1.54) is 10.4 Å². The Morgan fingerprint density at radius 1 is 0.781 bits per heavy atom. The summed E-state index contributed by atoms with van der Waals surface area (Å²) in [6, 6.07) is 16.7.